The normalized spacial score (nSPS) is 10.4. The highest BCUT2D eigenvalue weighted by molar-refractivity contribution is 5.96. The molecule has 18 heavy (non-hydrogen) atoms. The molecule has 4 nitrogen and oxygen atoms in total. The van der Waals surface area contributed by atoms with Gasteiger partial charge in [0.15, 0.2) is 17.3 Å². The van der Waals surface area contributed by atoms with Crippen LogP contribution in [-0.2, 0) is 6.54 Å². The maximum Gasteiger partial charge on any atom is 0.184 e. The van der Waals surface area contributed by atoms with Crippen LogP contribution in [0.2, 0.25) is 0 Å². The minimum Gasteiger partial charge on any atom is -0.494 e. The van der Waals surface area contributed by atoms with Crippen molar-refractivity contribution in [3.8, 4) is 5.75 Å². The summed E-state index contributed by atoms with van der Waals surface area (Å²) in [5.74, 6) is -0.610. The van der Waals surface area contributed by atoms with Crippen LogP contribution in [-0.4, -0.2) is 22.7 Å². The van der Waals surface area contributed by atoms with E-state index >= 15 is 0 Å². The number of methoxy groups -OCH3 is 1. The summed E-state index contributed by atoms with van der Waals surface area (Å²) in [6.45, 7) is 1.99. The monoisotopic (exact) mass is 248 g/mol. The van der Waals surface area contributed by atoms with E-state index in [9.17, 15) is 9.18 Å². The molecule has 0 aliphatic carbocycles. The molecule has 0 fully saturated rings. The van der Waals surface area contributed by atoms with E-state index in [4.69, 9.17) is 4.74 Å². The van der Waals surface area contributed by atoms with E-state index < -0.39 is 5.82 Å². The molecule has 1 heterocycles. The predicted molar refractivity (Wildman–Crippen MR) is 64.2 cm³/mol. The Labute approximate surface area is 104 Å². The molecule has 0 unspecified atom stereocenters. The number of ketones is 1. The molecular weight excluding hydrogens is 235 g/mol. The van der Waals surface area contributed by atoms with Crippen molar-refractivity contribution in [1.82, 2.24) is 9.78 Å². The van der Waals surface area contributed by atoms with E-state index in [2.05, 4.69) is 5.10 Å². The van der Waals surface area contributed by atoms with Crippen LogP contribution >= 0.6 is 0 Å². The number of Topliss-reactive ketones (excluding diaryl/α,β-unsaturated/α-hetero) is 1. The van der Waals surface area contributed by atoms with E-state index in [1.165, 1.54) is 23.9 Å². The second-order valence-electron chi connectivity index (χ2n) is 3.99. The molecule has 0 aliphatic rings. The lowest BCUT2D eigenvalue weighted by molar-refractivity contribution is 0.0967. The van der Waals surface area contributed by atoms with Crippen molar-refractivity contribution in [3.63, 3.8) is 0 Å². The molecule has 1 aromatic heterocycles. The Bertz CT molecular complexity index is 578. The number of carbonyl (C=O) groups is 1. The Kier molecular flexibility index (Phi) is 3.41. The van der Waals surface area contributed by atoms with Gasteiger partial charge in [-0.1, -0.05) is 0 Å². The molecule has 1 aromatic carbocycles. The smallest absolute Gasteiger partial charge is 0.184 e. The molecule has 2 aromatic rings. The average Bonchev–Trinajstić information content (AvgIpc) is 2.74. The summed E-state index contributed by atoms with van der Waals surface area (Å²) in [7, 11) is 1.38. The van der Waals surface area contributed by atoms with E-state index in [0.717, 1.165) is 5.56 Å². The van der Waals surface area contributed by atoms with Gasteiger partial charge in [-0.25, -0.2) is 4.39 Å². The Balaban J connectivity index is 2.16. The fraction of sp³-hybridized carbons (Fsp3) is 0.231. The van der Waals surface area contributed by atoms with Crippen LogP contribution in [0.4, 0.5) is 4.39 Å². The molecule has 0 aliphatic heterocycles. The van der Waals surface area contributed by atoms with Crippen molar-refractivity contribution in [2.24, 2.45) is 0 Å². The third-order valence-electron chi connectivity index (χ3n) is 2.54. The SMILES string of the molecule is COc1ccc(C(=O)Cn2cc(C)cn2)cc1F. The highest BCUT2D eigenvalue weighted by Crippen LogP contribution is 2.18. The van der Waals surface area contributed by atoms with Crippen molar-refractivity contribution < 1.29 is 13.9 Å². The topological polar surface area (TPSA) is 44.1 Å². The minimum atomic E-state index is -0.542. The predicted octanol–water partition coefficient (Wildman–Crippen LogP) is 2.22. The van der Waals surface area contributed by atoms with Crippen LogP contribution in [0, 0.1) is 12.7 Å². The zero-order valence-electron chi connectivity index (χ0n) is 10.2. The number of rotatable bonds is 4. The third kappa shape index (κ3) is 2.56. The fourth-order valence-corrected chi connectivity index (χ4v) is 1.63. The summed E-state index contributed by atoms with van der Waals surface area (Å²) in [4.78, 5) is 11.9. The van der Waals surface area contributed by atoms with Gasteiger partial charge in [0.05, 0.1) is 13.3 Å². The van der Waals surface area contributed by atoms with Crippen molar-refractivity contribution in [3.05, 3.63) is 47.5 Å². The number of aryl methyl sites for hydroxylation is 1. The van der Waals surface area contributed by atoms with Crippen LogP contribution in [0.25, 0.3) is 0 Å². The van der Waals surface area contributed by atoms with Crippen molar-refractivity contribution in [1.29, 1.82) is 0 Å². The number of benzene rings is 1. The summed E-state index contributed by atoms with van der Waals surface area (Å²) >= 11 is 0. The first-order chi connectivity index (χ1) is 8.60. The number of hydrogen-bond acceptors (Lipinski definition) is 3. The molecule has 0 amide bonds. The molecule has 0 spiro atoms. The second-order valence-corrected chi connectivity index (χ2v) is 3.99. The van der Waals surface area contributed by atoms with Crippen LogP contribution < -0.4 is 4.74 Å². The standard InChI is InChI=1S/C13H13FN2O2/c1-9-6-15-16(7-9)8-12(17)10-3-4-13(18-2)11(14)5-10/h3-7H,8H2,1-2H3. The summed E-state index contributed by atoms with van der Waals surface area (Å²) < 4.78 is 19.8. The van der Waals surface area contributed by atoms with Gasteiger partial charge in [-0.15, -0.1) is 0 Å². The molecule has 0 N–H and O–H groups in total. The molecule has 0 saturated carbocycles. The van der Waals surface area contributed by atoms with Gasteiger partial charge in [0.2, 0.25) is 0 Å². The van der Waals surface area contributed by atoms with Crippen LogP contribution in [0.15, 0.2) is 30.6 Å². The number of nitrogens with zero attached hydrogens (tertiary/aromatic N) is 2. The molecule has 0 radical (unpaired) electrons. The van der Waals surface area contributed by atoms with E-state index in [1.54, 1.807) is 18.5 Å². The Morgan fingerprint density at radius 1 is 1.50 bits per heavy atom. The Morgan fingerprint density at radius 3 is 2.83 bits per heavy atom. The zero-order chi connectivity index (χ0) is 13.1. The lowest BCUT2D eigenvalue weighted by Gasteiger charge is -2.05. The largest absolute Gasteiger partial charge is 0.494 e. The number of hydrogen-bond donors (Lipinski definition) is 0. The summed E-state index contributed by atoms with van der Waals surface area (Å²) in [6.07, 6.45) is 3.43. The van der Waals surface area contributed by atoms with Gasteiger partial charge < -0.3 is 4.74 Å². The highest BCUT2D eigenvalue weighted by atomic mass is 19.1. The molecule has 0 bridgehead atoms. The van der Waals surface area contributed by atoms with Gasteiger partial charge >= 0.3 is 0 Å². The van der Waals surface area contributed by atoms with Gasteiger partial charge in [-0.3, -0.25) is 9.48 Å². The quantitative estimate of drug-likeness (QED) is 0.779. The van der Waals surface area contributed by atoms with Crippen molar-refractivity contribution in [2.75, 3.05) is 7.11 Å². The highest BCUT2D eigenvalue weighted by Gasteiger charge is 2.11. The molecule has 0 saturated heterocycles. The van der Waals surface area contributed by atoms with Gasteiger partial charge in [0, 0.05) is 11.8 Å². The van der Waals surface area contributed by atoms with Crippen molar-refractivity contribution >= 4 is 5.78 Å². The van der Waals surface area contributed by atoms with Gasteiger partial charge in [-0.05, 0) is 30.7 Å². The number of halogens is 1. The average molecular weight is 248 g/mol. The molecule has 5 heteroatoms. The first-order valence-electron chi connectivity index (χ1n) is 5.46. The first-order valence-corrected chi connectivity index (χ1v) is 5.46. The second kappa shape index (κ2) is 5.00. The molecule has 94 valence electrons. The maximum atomic E-state index is 13.5. The van der Waals surface area contributed by atoms with E-state index in [0.29, 0.717) is 5.56 Å². The summed E-state index contributed by atoms with van der Waals surface area (Å²) in [5, 5.41) is 4.01. The van der Waals surface area contributed by atoms with Gasteiger partial charge in [-0.2, -0.15) is 5.10 Å². The summed E-state index contributed by atoms with van der Waals surface area (Å²) in [6, 6.07) is 4.16. The minimum absolute atomic E-state index is 0.0968. The maximum absolute atomic E-state index is 13.5. The Hall–Kier alpha value is -2.17. The molecule has 2 rings (SSSR count). The zero-order valence-corrected chi connectivity index (χ0v) is 10.2. The third-order valence-corrected chi connectivity index (χ3v) is 2.54. The lowest BCUT2D eigenvalue weighted by atomic mass is 10.1. The summed E-state index contributed by atoms with van der Waals surface area (Å²) in [5.41, 5.74) is 1.28. The first kappa shape index (κ1) is 12.3. The Morgan fingerprint density at radius 2 is 2.28 bits per heavy atom. The van der Waals surface area contributed by atoms with E-state index in [1.807, 2.05) is 6.92 Å². The molecular formula is C13H13FN2O2. The van der Waals surface area contributed by atoms with Crippen LogP contribution in [0.5, 0.6) is 5.75 Å². The van der Waals surface area contributed by atoms with E-state index in [-0.39, 0.29) is 18.1 Å². The van der Waals surface area contributed by atoms with Crippen LogP contribution in [0.3, 0.4) is 0 Å². The van der Waals surface area contributed by atoms with Crippen LogP contribution in [0.1, 0.15) is 15.9 Å². The van der Waals surface area contributed by atoms with Gasteiger partial charge in [0.1, 0.15) is 6.54 Å². The number of aromatic nitrogens is 2. The lowest BCUT2D eigenvalue weighted by Crippen LogP contribution is -2.11. The number of carbonyl (C=O) groups excluding carboxylic acids is 1. The molecule has 0 atom stereocenters. The van der Waals surface area contributed by atoms with Crippen molar-refractivity contribution in [2.45, 2.75) is 13.5 Å². The fourth-order valence-electron chi connectivity index (χ4n) is 1.63. The number of ether oxygens (including phenoxy) is 1. The van der Waals surface area contributed by atoms with Gasteiger partial charge in [0.25, 0.3) is 0 Å².